The highest BCUT2D eigenvalue weighted by Gasteiger charge is 2.45. The van der Waals surface area contributed by atoms with Crippen LogP contribution in [-0.2, 0) is 19.9 Å². The van der Waals surface area contributed by atoms with Gasteiger partial charge in [0, 0.05) is 29.2 Å². The minimum absolute atomic E-state index is 0.0304. The monoisotopic (exact) mass is 745 g/mol. The van der Waals surface area contributed by atoms with Gasteiger partial charge in [-0.15, -0.1) is 0 Å². The van der Waals surface area contributed by atoms with Gasteiger partial charge >= 0.3 is 18.2 Å². The maximum Gasteiger partial charge on any atom is 0.422 e. The average molecular weight is 746 g/mol. The lowest BCUT2D eigenvalue weighted by atomic mass is 9.78. The lowest BCUT2D eigenvalue weighted by molar-refractivity contribution is -0.154. The first-order chi connectivity index (χ1) is 24.7. The standard InChI is InChI=1S/C35H39ClF3N7O6/c1-20-4-2-3-5-22(20)18-27(47)29(49)40-17-14-26(30(50)51)42-28(48)21-6-12-25(13-7-21)41-31-43-32(45-33(44-31)52-19-35(37,38)39)46-34(15-16-34)23-8-10-24(36)11-9-23/h6-13,20,22,26H,2-5,14-19H2,1H3,(H,40,49)(H,42,48)(H,50,51)(H2,41,43,44,45,46)/t20?,22?,26-/m0/s1. The largest absolute Gasteiger partial charge is 0.480 e. The molecule has 278 valence electrons. The molecule has 52 heavy (non-hydrogen) atoms. The van der Waals surface area contributed by atoms with E-state index in [0.717, 1.165) is 31.2 Å². The number of carboxylic acid groups (broad SMARTS) is 1. The summed E-state index contributed by atoms with van der Waals surface area (Å²) in [6.45, 7) is 0.319. The third kappa shape index (κ3) is 10.8. The third-order valence-electron chi connectivity index (χ3n) is 9.19. The van der Waals surface area contributed by atoms with E-state index in [1.54, 1.807) is 12.1 Å². The van der Waals surface area contributed by atoms with Gasteiger partial charge in [0.25, 0.3) is 11.8 Å². The molecule has 0 spiro atoms. The molecule has 3 aromatic rings. The van der Waals surface area contributed by atoms with E-state index in [4.69, 9.17) is 16.3 Å². The summed E-state index contributed by atoms with van der Waals surface area (Å²) in [5, 5.41) is 21.1. The molecular formula is C35H39ClF3N7O6. The van der Waals surface area contributed by atoms with Gasteiger partial charge in [0.15, 0.2) is 6.61 Å². The molecule has 2 fully saturated rings. The Hall–Kier alpha value is -4.99. The molecule has 0 saturated heterocycles. The molecule has 2 unspecified atom stereocenters. The molecule has 0 bridgehead atoms. The smallest absolute Gasteiger partial charge is 0.422 e. The van der Waals surface area contributed by atoms with Gasteiger partial charge < -0.3 is 31.1 Å². The summed E-state index contributed by atoms with van der Waals surface area (Å²) in [6, 6.07) is 10.9. The molecule has 0 aliphatic heterocycles. The Balaban J connectivity index is 1.18. The SMILES string of the molecule is CC1CCCCC1CC(=O)C(=O)NCC[C@H](NC(=O)c1ccc(Nc2nc(NC3(c4ccc(Cl)cc4)CC3)nc(OCC(F)(F)F)n2)cc1)C(=O)O. The Morgan fingerprint density at radius 3 is 2.29 bits per heavy atom. The van der Waals surface area contributed by atoms with Crippen LogP contribution < -0.4 is 26.0 Å². The number of hydrogen-bond acceptors (Lipinski definition) is 10. The summed E-state index contributed by atoms with van der Waals surface area (Å²) in [4.78, 5) is 61.9. The third-order valence-corrected chi connectivity index (χ3v) is 9.44. The second-order valence-corrected chi connectivity index (χ2v) is 13.6. The number of amides is 2. The maximum absolute atomic E-state index is 12.9. The van der Waals surface area contributed by atoms with Crippen LogP contribution in [0.4, 0.5) is 30.8 Å². The molecule has 2 saturated carbocycles. The van der Waals surface area contributed by atoms with Crippen molar-refractivity contribution < 1.29 is 42.2 Å². The Bertz CT molecular complexity index is 1760. The summed E-state index contributed by atoms with van der Waals surface area (Å²) in [5.74, 6) is -3.00. The van der Waals surface area contributed by atoms with E-state index in [2.05, 4.69) is 43.1 Å². The number of nitrogens with one attached hydrogen (secondary N) is 4. The molecule has 5 N–H and O–H groups in total. The number of anilines is 3. The van der Waals surface area contributed by atoms with Gasteiger partial charge in [-0.25, -0.2) is 4.79 Å². The van der Waals surface area contributed by atoms with Gasteiger partial charge in [-0.2, -0.15) is 28.1 Å². The number of rotatable bonds is 16. The molecule has 3 atom stereocenters. The number of aromatic nitrogens is 3. The molecule has 2 aromatic carbocycles. The lowest BCUT2D eigenvalue weighted by Crippen LogP contribution is -2.43. The van der Waals surface area contributed by atoms with Crippen molar-refractivity contribution in [2.24, 2.45) is 11.8 Å². The number of carbonyl (C=O) groups is 4. The van der Waals surface area contributed by atoms with Gasteiger partial charge in [0.1, 0.15) is 6.04 Å². The van der Waals surface area contributed by atoms with Crippen molar-refractivity contribution in [2.75, 3.05) is 23.8 Å². The highest BCUT2D eigenvalue weighted by molar-refractivity contribution is 6.36. The number of carboxylic acids is 1. The molecule has 5 rings (SSSR count). The van der Waals surface area contributed by atoms with Gasteiger partial charge in [0.2, 0.25) is 17.7 Å². The molecule has 1 heterocycles. The number of halogens is 4. The van der Waals surface area contributed by atoms with Crippen molar-refractivity contribution in [1.82, 2.24) is 25.6 Å². The zero-order valence-electron chi connectivity index (χ0n) is 28.3. The Kier molecular flexibility index (Phi) is 12.2. The predicted molar refractivity (Wildman–Crippen MR) is 184 cm³/mol. The van der Waals surface area contributed by atoms with E-state index in [-0.39, 0.29) is 42.8 Å². The average Bonchev–Trinajstić information content (AvgIpc) is 3.88. The number of hydrogen-bond donors (Lipinski definition) is 5. The van der Waals surface area contributed by atoms with E-state index in [0.29, 0.717) is 29.5 Å². The summed E-state index contributed by atoms with van der Waals surface area (Å²) < 4.78 is 43.6. The van der Waals surface area contributed by atoms with Crippen molar-refractivity contribution in [1.29, 1.82) is 0 Å². The van der Waals surface area contributed by atoms with Crippen molar-refractivity contribution in [3.8, 4) is 6.01 Å². The minimum atomic E-state index is -4.63. The van der Waals surface area contributed by atoms with Gasteiger partial charge in [0.05, 0.1) is 5.54 Å². The fourth-order valence-electron chi connectivity index (χ4n) is 6.06. The Morgan fingerprint density at radius 2 is 1.65 bits per heavy atom. The van der Waals surface area contributed by atoms with Gasteiger partial charge in [-0.05, 0) is 79.5 Å². The van der Waals surface area contributed by atoms with E-state index in [1.807, 2.05) is 12.1 Å². The van der Waals surface area contributed by atoms with Crippen LogP contribution in [-0.4, -0.2) is 69.0 Å². The summed E-state index contributed by atoms with van der Waals surface area (Å²) in [6.07, 6.45) is 0.838. The van der Waals surface area contributed by atoms with Crippen LogP contribution in [0.15, 0.2) is 48.5 Å². The van der Waals surface area contributed by atoms with Crippen molar-refractivity contribution >= 4 is 52.8 Å². The fourth-order valence-corrected chi connectivity index (χ4v) is 6.19. The maximum atomic E-state index is 12.9. The number of alkyl halides is 3. The zero-order valence-corrected chi connectivity index (χ0v) is 29.0. The number of carbonyl (C=O) groups excluding carboxylic acids is 3. The number of benzene rings is 2. The molecular weight excluding hydrogens is 707 g/mol. The second kappa shape index (κ2) is 16.6. The normalized spacial score (nSPS) is 18.4. The number of Topliss-reactive ketones (excluding diaryl/α,β-unsaturated/α-hetero) is 1. The number of ketones is 1. The van der Waals surface area contributed by atoms with E-state index in [9.17, 15) is 37.5 Å². The van der Waals surface area contributed by atoms with Crippen LogP contribution in [0.1, 0.15) is 74.2 Å². The Labute approximate surface area is 302 Å². The Morgan fingerprint density at radius 1 is 0.981 bits per heavy atom. The van der Waals surface area contributed by atoms with E-state index >= 15 is 0 Å². The summed E-state index contributed by atoms with van der Waals surface area (Å²) in [7, 11) is 0. The number of ether oxygens (including phenoxy) is 1. The molecule has 2 aliphatic carbocycles. The highest BCUT2D eigenvalue weighted by Crippen LogP contribution is 2.48. The first-order valence-electron chi connectivity index (χ1n) is 16.9. The van der Waals surface area contributed by atoms with E-state index in [1.165, 1.54) is 24.3 Å². The minimum Gasteiger partial charge on any atom is -0.480 e. The van der Waals surface area contributed by atoms with Crippen LogP contribution in [0.2, 0.25) is 5.02 Å². The molecule has 2 amide bonds. The fraction of sp³-hybridized carbons (Fsp3) is 0.457. The van der Waals surface area contributed by atoms with Gasteiger partial charge in [-0.3, -0.25) is 14.4 Å². The molecule has 2 aliphatic rings. The number of aliphatic carboxylic acids is 1. The van der Waals surface area contributed by atoms with Crippen LogP contribution in [0, 0.1) is 11.8 Å². The molecule has 17 heteroatoms. The first-order valence-corrected chi connectivity index (χ1v) is 17.3. The quantitative estimate of drug-likeness (QED) is 0.112. The van der Waals surface area contributed by atoms with Crippen molar-refractivity contribution in [3.63, 3.8) is 0 Å². The molecule has 0 radical (unpaired) electrons. The second-order valence-electron chi connectivity index (χ2n) is 13.1. The van der Waals surface area contributed by atoms with Crippen molar-refractivity contribution in [3.05, 3.63) is 64.7 Å². The zero-order chi connectivity index (χ0) is 37.5. The predicted octanol–water partition coefficient (Wildman–Crippen LogP) is 5.79. The molecule has 1 aromatic heterocycles. The first kappa shape index (κ1) is 38.2. The van der Waals surface area contributed by atoms with Crippen LogP contribution >= 0.6 is 11.6 Å². The molecule has 13 nitrogen and oxygen atoms in total. The number of nitrogens with zero attached hydrogens (tertiary/aromatic N) is 3. The summed E-state index contributed by atoms with van der Waals surface area (Å²) >= 11 is 6.02. The van der Waals surface area contributed by atoms with Crippen LogP contribution in [0.25, 0.3) is 0 Å². The van der Waals surface area contributed by atoms with Crippen LogP contribution in [0.3, 0.4) is 0 Å². The topological polar surface area (TPSA) is 185 Å². The van der Waals surface area contributed by atoms with Gasteiger partial charge in [-0.1, -0.05) is 49.9 Å². The highest BCUT2D eigenvalue weighted by atomic mass is 35.5. The lowest BCUT2D eigenvalue weighted by Gasteiger charge is -2.27. The summed E-state index contributed by atoms with van der Waals surface area (Å²) in [5.41, 5.74) is 0.787. The van der Waals surface area contributed by atoms with Crippen molar-refractivity contribution in [2.45, 2.75) is 76.0 Å². The van der Waals surface area contributed by atoms with E-state index < -0.39 is 53.9 Å². The van der Waals surface area contributed by atoms with Crippen LogP contribution in [0.5, 0.6) is 6.01 Å².